The molecule has 5 N–H and O–H groups in total. The summed E-state index contributed by atoms with van der Waals surface area (Å²) in [6, 6.07) is 0. The average molecular weight is 369 g/mol. The number of imidazole rings is 1. The van der Waals surface area contributed by atoms with Crippen LogP contribution in [0.5, 0.6) is 0 Å². The summed E-state index contributed by atoms with van der Waals surface area (Å²) >= 11 is 0. The number of nitrogens with two attached hydrogens (primary N) is 1. The van der Waals surface area contributed by atoms with Crippen LogP contribution < -0.4 is 11.3 Å². The van der Waals surface area contributed by atoms with E-state index < -0.39 is 36.5 Å². The van der Waals surface area contributed by atoms with Crippen LogP contribution in [-0.4, -0.2) is 73.3 Å². The van der Waals surface area contributed by atoms with Crippen LogP contribution in [0.2, 0.25) is 0 Å². The molecule has 0 amide bonds. The number of H-pyrrole nitrogens is 1. The highest BCUT2D eigenvalue weighted by Crippen LogP contribution is 2.44. The van der Waals surface area contributed by atoms with Crippen LogP contribution in [0.25, 0.3) is 11.2 Å². The standard InChI is InChI=1S/C15H24N5O4P/c1-15(5-6-25(2,3)4)10(22)9(21)13(24-15)20-7-17-8-11(20)18-14(16)19-12(8)23/h7,9-10,13,21-22H,2,5-6H2,1,3-4H3,(H3,16,18,19,23)/t9-,10+,13-,15-/m1/s1. The molecule has 1 aliphatic rings. The van der Waals surface area contributed by atoms with E-state index in [2.05, 4.69) is 34.6 Å². The van der Waals surface area contributed by atoms with Gasteiger partial charge in [-0.05, 0) is 32.8 Å². The number of aromatic amines is 1. The Morgan fingerprint density at radius 1 is 1.52 bits per heavy atom. The Morgan fingerprint density at radius 3 is 2.84 bits per heavy atom. The molecular formula is C15H24N5O4P. The second kappa shape index (κ2) is 5.95. The fourth-order valence-electron chi connectivity index (χ4n) is 3.01. The predicted molar refractivity (Wildman–Crippen MR) is 98.5 cm³/mol. The third kappa shape index (κ3) is 3.25. The van der Waals surface area contributed by atoms with Crippen LogP contribution in [0.4, 0.5) is 5.95 Å². The molecule has 0 radical (unpaired) electrons. The van der Waals surface area contributed by atoms with Crippen LogP contribution in [0.1, 0.15) is 19.6 Å². The molecule has 4 atom stereocenters. The van der Waals surface area contributed by atoms with E-state index in [9.17, 15) is 15.0 Å². The quantitative estimate of drug-likeness (QED) is 0.548. The minimum absolute atomic E-state index is 0.0568. The molecule has 10 heteroatoms. The number of aliphatic hydroxyl groups is 2. The minimum atomic E-state index is -1.31. The summed E-state index contributed by atoms with van der Waals surface area (Å²) in [4.78, 5) is 22.4. The summed E-state index contributed by atoms with van der Waals surface area (Å²) in [5.41, 5.74) is 4.49. The number of ether oxygens (including phenoxy) is 1. The van der Waals surface area contributed by atoms with Crippen LogP contribution in [0, 0.1) is 0 Å². The second-order valence-electron chi connectivity index (χ2n) is 7.44. The first-order valence-corrected chi connectivity index (χ1v) is 11.0. The molecule has 0 unspecified atom stereocenters. The summed E-state index contributed by atoms with van der Waals surface area (Å²) in [5, 5.41) is 21.1. The van der Waals surface area contributed by atoms with Crippen LogP contribution in [0.3, 0.4) is 0 Å². The van der Waals surface area contributed by atoms with E-state index in [-0.39, 0.29) is 17.1 Å². The molecule has 138 valence electrons. The SMILES string of the molecule is C=P(C)(C)CC[C@@]1(C)O[C@@H](n2cnc3c(=O)[nH]c(N)nc32)[C@H](O)[C@@H]1O. The highest BCUT2D eigenvalue weighted by molar-refractivity contribution is 7.72. The maximum absolute atomic E-state index is 11.9. The van der Waals surface area contributed by atoms with Gasteiger partial charge in [0.2, 0.25) is 5.95 Å². The Morgan fingerprint density at radius 2 is 2.20 bits per heavy atom. The number of hydrogen-bond donors (Lipinski definition) is 4. The van der Waals surface area contributed by atoms with Crippen molar-refractivity contribution in [3.63, 3.8) is 0 Å². The average Bonchev–Trinajstić information content (AvgIpc) is 3.00. The number of hydrogen-bond acceptors (Lipinski definition) is 7. The zero-order chi connectivity index (χ0) is 18.6. The van der Waals surface area contributed by atoms with Gasteiger partial charge in [-0.15, -0.1) is 13.2 Å². The van der Waals surface area contributed by atoms with Crippen molar-refractivity contribution in [3.05, 3.63) is 16.7 Å². The summed E-state index contributed by atoms with van der Waals surface area (Å²) < 4.78 is 7.46. The van der Waals surface area contributed by atoms with E-state index >= 15 is 0 Å². The Bertz CT molecular complexity index is 903. The molecule has 0 aliphatic carbocycles. The molecule has 25 heavy (non-hydrogen) atoms. The molecule has 3 heterocycles. The predicted octanol–water partition coefficient (Wildman–Crippen LogP) is -0.190. The molecule has 9 nitrogen and oxygen atoms in total. The molecule has 0 bridgehead atoms. The van der Waals surface area contributed by atoms with Crippen LogP contribution in [-0.2, 0) is 4.74 Å². The summed E-state index contributed by atoms with van der Waals surface area (Å²) in [6.45, 7) is 4.67. The number of nitrogen functional groups attached to an aromatic ring is 1. The Labute approximate surface area is 144 Å². The Balaban J connectivity index is 1.96. The van der Waals surface area contributed by atoms with E-state index in [4.69, 9.17) is 10.5 Å². The topological polar surface area (TPSA) is 139 Å². The number of anilines is 1. The number of aliphatic hydroxyl groups excluding tert-OH is 2. The monoisotopic (exact) mass is 369 g/mol. The van der Waals surface area contributed by atoms with Gasteiger partial charge in [0.1, 0.15) is 12.2 Å². The van der Waals surface area contributed by atoms with Gasteiger partial charge in [0.15, 0.2) is 17.4 Å². The van der Waals surface area contributed by atoms with Gasteiger partial charge >= 0.3 is 0 Å². The number of aromatic nitrogens is 4. The molecule has 0 saturated carbocycles. The number of fused-ring (bicyclic) bond motifs is 1. The van der Waals surface area contributed by atoms with Crippen molar-refractivity contribution in [1.29, 1.82) is 0 Å². The zero-order valence-electron chi connectivity index (χ0n) is 14.5. The highest BCUT2D eigenvalue weighted by Gasteiger charge is 2.52. The van der Waals surface area contributed by atoms with Gasteiger partial charge in [0.05, 0.1) is 11.9 Å². The maximum Gasteiger partial charge on any atom is 0.280 e. The van der Waals surface area contributed by atoms with E-state index in [0.717, 1.165) is 6.16 Å². The molecular weight excluding hydrogens is 345 g/mol. The van der Waals surface area contributed by atoms with Gasteiger partial charge in [0, 0.05) is 0 Å². The molecule has 1 fully saturated rings. The maximum atomic E-state index is 11.9. The third-order valence-electron chi connectivity index (χ3n) is 4.57. The fourth-order valence-corrected chi connectivity index (χ4v) is 4.06. The van der Waals surface area contributed by atoms with Crippen molar-refractivity contribution >= 4 is 30.3 Å². The molecule has 0 spiro atoms. The first-order chi connectivity index (χ1) is 11.5. The van der Waals surface area contributed by atoms with Gasteiger partial charge in [-0.1, -0.05) is 0 Å². The lowest BCUT2D eigenvalue weighted by atomic mass is 9.95. The number of rotatable bonds is 4. The van der Waals surface area contributed by atoms with Gasteiger partial charge in [-0.2, -0.15) is 4.98 Å². The van der Waals surface area contributed by atoms with Crippen molar-refractivity contribution in [3.8, 4) is 0 Å². The van der Waals surface area contributed by atoms with Gasteiger partial charge in [0.25, 0.3) is 5.56 Å². The molecule has 2 aromatic rings. The van der Waals surface area contributed by atoms with E-state index in [1.54, 1.807) is 6.92 Å². The summed E-state index contributed by atoms with van der Waals surface area (Å²) in [7, 11) is 0. The van der Waals surface area contributed by atoms with Gasteiger partial charge in [-0.25, -0.2) is 4.98 Å². The van der Waals surface area contributed by atoms with Crippen molar-refractivity contribution in [2.75, 3.05) is 25.2 Å². The van der Waals surface area contributed by atoms with Gasteiger partial charge < -0.3 is 20.7 Å². The molecule has 1 aliphatic heterocycles. The van der Waals surface area contributed by atoms with Crippen LogP contribution in [0.15, 0.2) is 11.1 Å². The number of nitrogens with zero attached hydrogens (tertiary/aromatic N) is 3. The van der Waals surface area contributed by atoms with Crippen molar-refractivity contribution in [2.45, 2.75) is 37.4 Å². The van der Waals surface area contributed by atoms with Crippen molar-refractivity contribution < 1.29 is 14.9 Å². The van der Waals surface area contributed by atoms with Gasteiger partial charge in [-0.3, -0.25) is 14.3 Å². The lowest BCUT2D eigenvalue weighted by Crippen LogP contribution is -2.41. The van der Waals surface area contributed by atoms with E-state index in [1.807, 2.05) is 0 Å². The lowest BCUT2D eigenvalue weighted by molar-refractivity contribution is -0.0925. The minimum Gasteiger partial charge on any atom is -0.387 e. The van der Waals surface area contributed by atoms with Crippen LogP contribution >= 0.6 is 6.89 Å². The largest absolute Gasteiger partial charge is 0.387 e. The molecule has 3 rings (SSSR count). The lowest BCUT2D eigenvalue weighted by Gasteiger charge is -2.29. The molecule has 1 saturated heterocycles. The Kier molecular flexibility index (Phi) is 4.31. The molecule has 2 aromatic heterocycles. The summed E-state index contributed by atoms with van der Waals surface area (Å²) in [5.74, 6) is -0.0568. The van der Waals surface area contributed by atoms with Crippen molar-refractivity contribution in [1.82, 2.24) is 19.5 Å². The zero-order valence-corrected chi connectivity index (χ0v) is 15.4. The van der Waals surface area contributed by atoms with E-state index in [1.165, 1.54) is 10.9 Å². The first kappa shape index (κ1) is 18.1. The number of nitrogens with one attached hydrogen (secondary N) is 1. The van der Waals surface area contributed by atoms with E-state index in [0.29, 0.717) is 6.42 Å². The summed E-state index contributed by atoms with van der Waals surface area (Å²) in [6.07, 6.45) is 3.73. The smallest absolute Gasteiger partial charge is 0.280 e. The fraction of sp³-hybridized carbons (Fsp3) is 0.600. The highest BCUT2D eigenvalue weighted by atomic mass is 31.2. The normalized spacial score (nSPS) is 30.2. The second-order valence-corrected chi connectivity index (χ2v) is 11.8. The Hall–Kier alpha value is -1.67. The molecule has 0 aromatic carbocycles. The third-order valence-corrected chi connectivity index (χ3v) is 6.00. The first-order valence-electron chi connectivity index (χ1n) is 7.95. The van der Waals surface area contributed by atoms with Crippen molar-refractivity contribution in [2.24, 2.45) is 0 Å².